The normalized spacial score (nSPS) is 12.4. The minimum Gasteiger partial charge on any atom is -0.332 e. The number of alkyl halides is 3. The van der Waals surface area contributed by atoms with Gasteiger partial charge >= 0.3 is 6.18 Å². The second-order valence-electron chi connectivity index (χ2n) is 7.93. The molecule has 0 fully saturated rings. The maximum Gasteiger partial charge on any atom is 0.418 e. The molecular formula is C23H25F3N6O2. The maximum absolute atomic E-state index is 13.3. The van der Waals surface area contributed by atoms with E-state index in [9.17, 15) is 22.8 Å². The SMILES string of the molecule is CCN(CC(=O)Nc1ccccc1C(F)(F)F)C(=O)C(C(C)C)n1nnc(-c2ccccc2)n1. The van der Waals surface area contributed by atoms with Crippen LogP contribution in [-0.4, -0.2) is 50.0 Å². The summed E-state index contributed by atoms with van der Waals surface area (Å²) in [5, 5.41) is 14.7. The Morgan fingerprint density at radius 2 is 1.71 bits per heavy atom. The predicted octanol–water partition coefficient (Wildman–Crippen LogP) is 4.04. The summed E-state index contributed by atoms with van der Waals surface area (Å²) in [4.78, 5) is 28.3. The number of nitrogens with one attached hydrogen (secondary N) is 1. The van der Waals surface area contributed by atoms with Gasteiger partial charge in [0.2, 0.25) is 17.6 Å². The molecule has 1 unspecified atom stereocenters. The summed E-state index contributed by atoms with van der Waals surface area (Å²) in [5.74, 6) is -1.07. The molecule has 1 atom stereocenters. The molecule has 180 valence electrons. The van der Waals surface area contributed by atoms with Crippen molar-refractivity contribution in [3.05, 3.63) is 60.2 Å². The lowest BCUT2D eigenvalue weighted by Crippen LogP contribution is -2.44. The summed E-state index contributed by atoms with van der Waals surface area (Å²) < 4.78 is 39.7. The van der Waals surface area contributed by atoms with Crippen LogP contribution in [0.1, 0.15) is 32.4 Å². The van der Waals surface area contributed by atoms with Gasteiger partial charge in [0.25, 0.3) is 0 Å². The Balaban J connectivity index is 1.77. The van der Waals surface area contributed by atoms with Crippen molar-refractivity contribution in [1.82, 2.24) is 25.1 Å². The number of hydrogen-bond acceptors (Lipinski definition) is 5. The summed E-state index contributed by atoms with van der Waals surface area (Å²) in [6.45, 7) is 5.03. The molecule has 0 aliphatic heterocycles. The van der Waals surface area contributed by atoms with Crippen LogP contribution in [0.25, 0.3) is 11.4 Å². The van der Waals surface area contributed by atoms with E-state index in [1.807, 2.05) is 44.2 Å². The molecule has 0 aliphatic carbocycles. The molecule has 0 saturated carbocycles. The van der Waals surface area contributed by atoms with Crippen LogP contribution in [0, 0.1) is 5.92 Å². The van der Waals surface area contributed by atoms with Gasteiger partial charge in [-0.2, -0.15) is 18.0 Å². The number of carbonyl (C=O) groups excluding carboxylic acids is 2. The van der Waals surface area contributed by atoms with E-state index in [0.29, 0.717) is 5.82 Å². The fourth-order valence-corrected chi connectivity index (χ4v) is 3.43. The average molecular weight is 474 g/mol. The van der Waals surface area contributed by atoms with Crippen LogP contribution in [-0.2, 0) is 15.8 Å². The Bertz CT molecular complexity index is 1130. The van der Waals surface area contributed by atoms with E-state index in [4.69, 9.17) is 0 Å². The molecule has 0 aliphatic rings. The third-order valence-electron chi connectivity index (χ3n) is 5.13. The molecule has 1 aromatic heterocycles. The molecular weight excluding hydrogens is 449 g/mol. The predicted molar refractivity (Wildman–Crippen MR) is 119 cm³/mol. The van der Waals surface area contributed by atoms with Crippen molar-refractivity contribution in [3.8, 4) is 11.4 Å². The van der Waals surface area contributed by atoms with Gasteiger partial charge in [0.15, 0.2) is 6.04 Å². The average Bonchev–Trinajstić information content (AvgIpc) is 3.27. The fraction of sp³-hybridized carbons (Fsp3) is 0.348. The van der Waals surface area contributed by atoms with Crippen molar-refractivity contribution in [2.75, 3.05) is 18.4 Å². The molecule has 34 heavy (non-hydrogen) atoms. The highest BCUT2D eigenvalue weighted by Gasteiger charge is 2.34. The van der Waals surface area contributed by atoms with Gasteiger partial charge in [0, 0.05) is 12.1 Å². The van der Waals surface area contributed by atoms with Crippen LogP contribution in [0.15, 0.2) is 54.6 Å². The molecule has 0 saturated heterocycles. The maximum atomic E-state index is 13.3. The molecule has 0 spiro atoms. The number of anilines is 1. The van der Waals surface area contributed by atoms with Gasteiger partial charge in [0.1, 0.15) is 0 Å². The first-order valence-corrected chi connectivity index (χ1v) is 10.7. The molecule has 11 heteroatoms. The van der Waals surface area contributed by atoms with Gasteiger partial charge in [-0.3, -0.25) is 9.59 Å². The highest BCUT2D eigenvalue weighted by atomic mass is 19.4. The molecule has 0 radical (unpaired) electrons. The molecule has 1 N–H and O–H groups in total. The van der Waals surface area contributed by atoms with Crippen LogP contribution < -0.4 is 5.32 Å². The number of nitrogens with zero attached hydrogens (tertiary/aromatic N) is 5. The lowest BCUT2D eigenvalue weighted by atomic mass is 10.0. The Hall–Kier alpha value is -3.76. The van der Waals surface area contributed by atoms with E-state index in [-0.39, 0.29) is 18.2 Å². The van der Waals surface area contributed by atoms with Crippen molar-refractivity contribution in [2.45, 2.75) is 33.0 Å². The van der Waals surface area contributed by atoms with Crippen molar-refractivity contribution in [3.63, 3.8) is 0 Å². The third-order valence-corrected chi connectivity index (χ3v) is 5.13. The Morgan fingerprint density at radius 3 is 2.32 bits per heavy atom. The lowest BCUT2D eigenvalue weighted by Gasteiger charge is -2.27. The van der Waals surface area contributed by atoms with Crippen LogP contribution in [0.2, 0.25) is 0 Å². The highest BCUT2D eigenvalue weighted by molar-refractivity contribution is 5.95. The summed E-state index contributed by atoms with van der Waals surface area (Å²) in [6, 6.07) is 13.0. The molecule has 2 aromatic carbocycles. The fourth-order valence-electron chi connectivity index (χ4n) is 3.43. The number of halogens is 3. The van der Waals surface area contributed by atoms with Crippen LogP contribution in [0.3, 0.4) is 0 Å². The van der Waals surface area contributed by atoms with E-state index in [2.05, 4.69) is 20.7 Å². The molecule has 8 nitrogen and oxygen atoms in total. The van der Waals surface area contributed by atoms with E-state index in [1.165, 1.54) is 27.9 Å². The summed E-state index contributed by atoms with van der Waals surface area (Å²) >= 11 is 0. The van der Waals surface area contributed by atoms with Crippen molar-refractivity contribution >= 4 is 17.5 Å². The van der Waals surface area contributed by atoms with Gasteiger partial charge in [-0.1, -0.05) is 56.3 Å². The third kappa shape index (κ3) is 5.77. The second kappa shape index (κ2) is 10.4. The zero-order valence-corrected chi connectivity index (χ0v) is 19.0. The molecule has 3 aromatic rings. The number of rotatable bonds is 8. The minimum absolute atomic E-state index is 0.163. The first kappa shape index (κ1) is 24.9. The van der Waals surface area contributed by atoms with Crippen LogP contribution >= 0.6 is 0 Å². The quantitative estimate of drug-likeness (QED) is 0.532. The second-order valence-corrected chi connectivity index (χ2v) is 7.93. The summed E-state index contributed by atoms with van der Waals surface area (Å²) in [6.07, 6.45) is -4.62. The number of amides is 2. The number of aromatic nitrogens is 4. The molecule has 3 rings (SSSR count). The monoisotopic (exact) mass is 474 g/mol. The zero-order valence-electron chi connectivity index (χ0n) is 19.0. The largest absolute Gasteiger partial charge is 0.418 e. The molecule has 2 amide bonds. The first-order valence-electron chi connectivity index (χ1n) is 10.7. The van der Waals surface area contributed by atoms with Gasteiger partial charge < -0.3 is 10.2 Å². The number of likely N-dealkylation sites (N-methyl/N-ethyl adjacent to an activating group) is 1. The van der Waals surface area contributed by atoms with Crippen molar-refractivity contribution in [1.29, 1.82) is 0 Å². The van der Waals surface area contributed by atoms with Crippen LogP contribution in [0.5, 0.6) is 0 Å². The van der Waals surface area contributed by atoms with Gasteiger partial charge in [-0.15, -0.1) is 10.2 Å². The number of benzene rings is 2. The minimum atomic E-state index is -4.62. The van der Waals surface area contributed by atoms with Crippen molar-refractivity contribution < 1.29 is 22.8 Å². The summed E-state index contributed by atoms with van der Waals surface area (Å²) in [5.41, 5.74) is -0.592. The standard InChI is InChI=1S/C23H25F3N6O2/c1-4-31(14-19(33)27-18-13-9-8-12-17(18)23(24,25)26)22(34)20(15(2)3)32-29-21(28-30-32)16-10-6-5-7-11-16/h5-13,15,20H,4,14H2,1-3H3,(H,27,33). The van der Waals surface area contributed by atoms with Gasteiger partial charge in [-0.05, 0) is 30.2 Å². The first-order chi connectivity index (χ1) is 16.1. The Labute approximate surface area is 194 Å². The lowest BCUT2D eigenvalue weighted by molar-refractivity contribution is -0.140. The topological polar surface area (TPSA) is 93.0 Å². The Kier molecular flexibility index (Phi) is 7.64. The van der Waals surface area contributed by atoms with E-state index < -0.39 is 36.1 Å². The Morgan fingerprint density at radius 1 is 1.06 bits per heavy atom. The van der Waals surface area contributed by atoms with Crippen LogP contribution in [0.4, 0.5) is 18.9 Å². The van der Waals surface area contributed by atoms with Gasteiger partial charge in [0.05, 0.1) is 17.8 Å². The number of para-hydroxylation sites is 1. The van der Waals surface area contributed by atoms with Crippen molar-refractivity contribution in [2.24, 2.45) is 5.92 Å². The van der Waals surface area contributed by atoms with Gasteiger partial charge in [-0.25, -0.2) is 0 Å². The number of carbonyl (C=O) groups is 2. The van der Waals surface area contributed by atoms with E-state index >= 15 is 0 Å². The number of hydrogen-bond donors (Lipinski definition) is 1. The molecule has 0 bridgehead atoms. The number of tetrazole rings is 1. The smallest absolute Gasteiger partial charge is 0.332 e. The zero-order chi connectivity index (χ0) is 24.9. The van der Waals surface area contributed by atoms with E-state index in [1.54, 1.807) is 6.92 Å². The van der Waals surface area contributed by atoms with E-state index in [0.717, 1.165) is 11.6 Å². The highest BCUT2D eigenvalue weighted by Crippen LogP contribution is 2.34. The molecule has 1 heterocycles. The summed E-state index contributed by atoms with van der Waals surface area (Å²) in [7, 11) is 0.